The number of hydrogen-bond acceptors (Lipinski definition) is 5. The summed E-state index contributed by atoms with van der Waals surface area (Å²) in [5.41, 5.74) is 0.720. The highest BCUT2D eigenvalue weighted by Crippen LogP contribution is 2.28. The molecular formula is C22H20Cl2N4O3S. The van der Waals surface area contributed by atoms with E-state index >= 15 is 0 Å². The topological polar surface area (TPSA) is 75.5 Å². The number of thioether (sulfide) groups is 1. The first-order valence-electron chi connectivity index (χ1n) is 9.98. The Hall–Kier alpha value is -2.55. The second-order valence-electron chi connectivity index (χ2n) is 7.32. The number of rotatable bonds is 4. The number of fused-ring (bicyclic) bond motifs is 1. The van der Waals surface area contributed by atoms with Gasteiger partial charge < -0.3 is 9.80 Å². The molecule has 0 unspecified atom stereocenters. The van der Waals surface area contributed by atoms with Gasteiger partial charge in [-0.25, -0.2) is 4.98 Å². The van der Waals surface area contributed by atoms with Crippen LogP contribution in [-0.4, -0.2) is 63.1 Å². The normalized spacial score (nSPS) is 14.1. The molecule has 0 N–H and O–H groups in total. The van der Waals surface area contributed by atoms with Gasteiger partial charge in [-0.3, -0.25) is 19.0 Å². The Morgan fingerprint density at radius 1 is 1.03 bits per heavy atom. The molecule has 1 saturated heterocycles. The molecule has 2 amide bonds. The van der Waals surface area contributed by atoms with E-state index in [4.69, 9.17) is 23.2 Å². The number of aromatic nitrogens is 2. The first-order chi connectivity index (χ1) is 15.3. The Bertz CT molecular complexity index is 1260. The number of carbonyl (C=O) groups is 2. The lowest BCUT2D eigenvalue weighted by atomic mass is 10.2. The van der Waals surface area contributed by atoms with Crippen LogP contribution < -0.4 is 5.56 Å². The number of para-hydroxylation sites is 1. The summed E-state index contributed by atoms with van der Waals surface area (Å²) in [6.07, 6.45) is 0. The molecule has 10 heteroatoms. The molecule has 0 atom stereocenters. The molecule has 2 heterocycles. The molecule has 7 nitrogen and oxygen atoms in total. The molecule has 0 spiro atoms. The Balaban J connectivity index is 1.64. The third-order valence-electron chi connectivity index (χ3n) is 5.30. The fourth-order valence-corrected chi connectivity index (χ4v) is 4.97. The van der Waals surface area contributed by atoms with Crippen molar-refractivity contribution in [3.8, 4) is 5.69 Å². The number of amides is 2. The lowest BCUT2D eigenvalue weighted by Crippen LogP contribution is -2.50. The molecule has 0 saturated carbocycles. The second kappa shape index (κ2) is 9.52. The van der Waals surface area contributed by atoms with E-state index in [-0.39, 0.29) is 23.1 Å². The Kier molecular flexibility index (Phi) is 6.74. The van der Waals surface area contributed by atoms with Crippen molar-refractivity contribution in [3.05, 3.63) is 62.9 Å². The van der Waals surface area contributed by atoms with Crippen LogP contribution in [0, 0.1) is 0 Å². The maximum Gasteiger partial charge on any atom is 0.266 e. The molecule has 1 fully saturated rings. The van der Waals surface area contributed by atoms with E-state index in [1.54, 1.807) is 46.2 Å². The van der Waals surface area contributed by atoms with Gasteiger partial charge in [-0.05, 0) is 30.3 Å². The van der Waals surface area contributed by atoms with E-state index in [1.807, 2.05) is 6.07 Å². The van der Waals surface area contributed by atoms with E-state index < -0.39 is 0 Å². The highest BCUT2D eigenvalue weighted by molar-refractivity contribution is 7.99. The minimum absolute atomic E-state index is 0.00991. The lowest BCUT2D eigenvalue weighted by Gasteiger charge is -2.34. The summed E-state index contributed by atoms with van der Waals surface area (Å²) < 4.78 is 1.42. The molecule has 1 aliphatic heterocycles. The van der Waals surface area contributed by atoms with E-state index in [0.717, 1.165) is 0 Å². The quantitative estimate of drug-likeness (QED) is 0.413. The molecule has 0 bridgehead atoms. The molecule has 3 aromatic rings. The summed E-state index contributed by atoms with van der Waals surface area (Å²) in [6, 6.07) is 11.9. The van der Waals surface area contributed by atoms with Gasteiger partial charge in [0, 0.05) is 38.1 Å². The summed E-state index contributed by atoms with van der Waals surface area (Å²) in [5, 5.41) is 1.59. The molecular weight excluding hydrogens is 471 g/mol. The van der Waals surface area contributed by atoms with Gasteiger partial charge >= 0.3 is 0 Å². The van der Waals surface area contributed by atoms with Crippen LogP contribution in [-0.2, 0) is 9.59 Å². The monoisotopic (exact) mass is 490 g/mol. The van der Waals surface area contributed by atoms with Crippen LogP contribution in [0.25, 0.3) is 16.6 Å². The van der Waals surface area contributed by atoms with Crippen LogP contribution in [0.2, 0.25) is 10.0 Å². The summed E-state index contributed by atoms with van der Waals surface area (Å²) in [4.78, 5) is 45.7. The fraction of sp³-hybridized carbons (Fsp3) is 0.273. The smallest absolute Gasteiger partial charge is 0.266 e. The Labute approximate surface area is 198 Å². The van der Waals surface area contributed by atoms with Crippen molar-refractivity contribution in [3.63, 3.8) is 0 Å². The zero-order valence-electron chi connectivity index (χ0n) is 17.3. The fourth-order valence-electron chi connectivity index (χ4n) is 3.57. The first kappa shape index (κ1) is 22.6. The number of benzene rings is 2. The van der Waals surface area contributed by atoms with Crippen molar-refractivity contribution >= 4 is 57.7 Å². The molecule has 4 rings (SSSR count). The maximum absolute atomic E-state index is 13.3. The maximum atomic E-state index is 13.3. The molecule has 0 radical (unpaired) electrons. The second-order valence-corrected chi connectivity index (χ2v) is 9.11. The van der Waals surface area contributed by atoms with Crippen molar-refractivity contribution < 1.29 is 9.59 Å². The number of carbonyl (C=O) groups excluding carboxylic acids is 2. The van der Waals surface area contributed by atoms with Gasteiger partial charge in [-0.2, -0.15) is 0 Å². The first-order valence-corrected chi connectivity index (χ1v) is 11.7. The van der Waals surface area contributed by atoms with Crippen LogP contribution in [0.15, 0.2) is 52.4 Å². The molecule has 0 aliphatic carbocycles. The summed E-state index contributed by atoms with van der Waals surface area (Å²) in [5.74, 6) is 0.0424. The minimum atomic E-state index is -0.273. The van der Waals surface area contributed by atoms with Gasteiger partial charge in [-0.1, -0.05) is 47.1 Å². The largest absolute Gasteiger partial charge is 0.339 e. The Morgan fingerprint density at radius 3 is 2.41 bits per heavy atom. The third kappa shape index (κ3) is 4.62. The third-order valence-corrected chi connectivity index (χ3v) is 6.76. The lowest BCUT2D eigenvalue weighted by molar-refractivity contribution is -0.136. The van der Waals surface area contributed by atoms with Gasteiger partial charge in [0.2, 0.25) is 11.8 Å². The van der Waals surface area contributed by atoms with E-state index in [2.05, 4.69) is 4.98 Å². The Morgan fingerprint density at radius 2 is 1.72 bits per heavy atom. The average molecular weight is 491 g/mol. The van der Waals surface area contributed by atoms with Crippen LogP contribution >= 0.6 is 35.0 Å². The van der Waals surface area contributed by atoms with E-state index in [1.165, 1.54) is 23.3 Å². The predicted molar refractivity (Wildman–Crippen MR) is 127 cm³/mol. The van der Waals surface area contributed by atoms with Crippen molar-refractivity contribution in [1.29, 1.82) is 0 Å². The minimum Gasteiger partial charge on any atom is -0.339 e. The van der Waals surface area contributed by atoms with Gasteiger partial charge in [0.1, 0.15) is 0 Å². The van der Waals surface area contributed by atoms with Crippen LogP contribution in [0.1, 0.15) is 6.92 Å². The zero-order chi connectivity index (χ0) is 22.8. The highest BCUT2D eigenvalue weighted by atomic mass is 35.5. The van der Waals surface area contributed by atoms with Crippen molar-refractivity contribution in [1.82, 2.24) is 19.4 Å². The van der Waals surface area contributed by atoms with Crippen molar-refractivity contribution in [2.45, 2.75) is 12.1 Å². The zero-order valence-corrected chi connectivity index (χ0v) is 19.6. The van der Waals surface area contributed by atoms with E-state index in [9.17, 15) is 14.4 Å². The molecule has 32 heavy (non-hydrogen) atoms. The van der Waals surface area contributed by atoms with Crippen LogP contribution in [0.4, 0.5) is 0 Å². The number of nitrogens with zero attached hydrogens (tertiary/aromatic N) is 4. The standard InChI is InChI=1S/C22H20Cl2N4O3S/c1-14(29)26-8-10-27(11-9-26)20(30)13-32-22-25-18-5-3-2-4-16(18)21(31)28(22)19-7-6-15(23)12-17(19)24/h2-7,12H,8-11,13H2,1H3. The van der Waals surface area contributed by atoms with Crippen LogP contribution in [0.5, 0.6) is 0 Å². The van der Waals surface area contributed by atoms with Crippen molar-refractivity contribution in [2.75, 3.05) is 31.9 Å². The summed E-state index contributed by atoms with van der Waals surface area (Å²) >= 11 is 13.6. The van der Waals surface area contributed by atoms with Crippen LogP contribution in [0.3, 0.4) is 0 Å². The van der Waals surface area contributed by atoms with Gasteiger partial charge in [0.25, 0.3) is 5.56 Å². The number of hydrogen-bond donors (Lipinski definition) is 0. The van der Waals surface area contributed by atoms with E-state index in [0.29, 0.717) is 58.0 Å². The molecule has 1 aliphatic rings. The van der Waals surface area contributed by atoms with Gasteiger partial charge in [0.15, 0.2) is 5.16 Å². The molecule has 1 aromatic heterocycles. The predicted octanol–water partition coefficient (Wildman–Crippen LogP) is 3.48. The number of halogens is 2. The molecule has 2 aromatic carbocycles. The summed E-state index contributed by atoms with van der Waals surface area (Å²) in [6.45, 7) is 3.54. The molecule has 166 valence electrons. The van der Waals surface area contributed by atoms with Gasteiger partial charge in [-0.15, -0.1) is 0 Å². The summed E-state index contributed by atoms with van der Waals surface area (Å²) in [7, 11) is 0. The highest BCUT2D eigenvalue weighted by Gasteiger charge is 2.23. The SMILES string of the molecule is CC(=O)N1CCN(C(=O)CSc2nc3ccccc3c(=O)n2-c2ccc(Cl)cc2Cl)CC1. The van der Waals surface area contributed by atoms with Gasteiger partial charge in [0.05, 0.1) is 27.4 Å². The van der Waals surface area contributed by atoms with Crippen molar-refractivity contribution in [2.24, 2.45) is 0 Å². The average Bonchev–Trinajstić information content (AvgIpc) is 2.78. The number of piperazine rings is 1.